The molecular formula is C16H21N3O. The summed E-state index contributed by atoms with van der Waals surface area (Å²) in [5.41, 5.74) is 2.23. The van der Waals surface area contributed by atoms with Crippen LogP contribution >= 0.6 is 0 Å². The Kier molecular flexibility index (Phi) is 4.46. The maximum atomic E-state index is 5.36. The minimum Gasteiger partial charge on any atom is -0.379 e. The zero-order valence-electron chi connectivity index (χ0n) is 11.7. The number of aromatic nitrogens is 2. The molecule has 1 saturated heterocycles. The van der Waals surface area contributed by atoms with Crippen LogP contribution in [0.15, 0.2) is 42.9 Å². The zero-order valence-corrected chi connectivity index (χ0v) is 11.7. The van der Waals surface area contributed by atoms with E-state index >= 15 is 0 Å². The van der Waals surface area contributed by atoms with E-state index in [1.807, 2.05) is 24.5 Å². The van der Waals surface area contributed by atoms with E-state index in [-0.39, 0.29) is 0 Å². The van der Waals surface area contributed by atoms with E-state index in [0.29, 0.717) is 0 Å². The highest BCUT2D eigenvalue weighted by Gasteiger charge is 2.09. The fourth-order valence-corrected chi connectivity index (χ4v) is 2.54. The normalized spacial score (nSPS) is 16.4. The molecule has 2 heterocycles. The molecule has 0 bridgehead atoms. The van der Waals surface area contributed by atoms with E-state index in [2.05, 4.69) is 32.8 Å². The number of rotatable bonds is 5. The minimum atomic E-state index is 0.878. The van der Waals surface area contributed by atoms with Gasteiger partial charge in [-0.25, -0.2) is 4.98 Å². The van der Waals surface area contributed by atoms with Gasteiger partial charge in [-0.3, -0.25) is 4.90 Å². The van der Waals surface area contributed by atoms with Crippen LogP contribution in [0.25, 0.3) is 11.3 Å². The number of hydrogen-bond donors (Lipinski definition) is 0. The number of aryl methyl sites for hydroxylation is 1. The van der Waals surface area contributed by atoms with Crippen LogP contribution in [0.2, 0.25) is 0 Å². The third kappa shape index (κ3) is 3.46. The van der Waals surface area contributed by atoms with Crippen LogP contribution in [-0.2, 0) is 11.3 Å². The number of imidazole rings is 1. The molecule has 0 unspecified atom stereocenters. The Bertz CT molecular complexity index is 518. The smallest absolute Gasteiger partial charge is 0.0953 e. The predicted molar refractivity (Wildman–Crippen MR) is 79.5 cm³/mol. The van der Waals surface area contributed by atoms with E-state index in [9.17, 15) is 0 Å². The highest BCUT2D eigenvalue weighted by atomic mass is 16.5. The molecule has 1 aromatic heterocycles. The fourth-order valence-electron chi connectivity index (χ4n) is 2.54. The molecule has 4 heteroatoms. The quantitative estimate of drug-likeness (QED) is 0.835. The van der Waals surface area contributed by atoms with Crippen LogP contribution in [0.1, 0.15) is 6.42 Å². The van der Waals surface area contributed by atoms with Crippen molar-refractivity contribution < 1.29 is 4.74 Å². The second kappa shape index (κ2) is 6.68. The second-order valence-corrected chi connectivity index (χ2v) is 5.17. The summed E-state index contributed by atoms with van der Waals surface area (Å²) in [5.74, 6) is 0. The molecule has 0 spiro atoms. The largest absolute Gasteiger partial charge is 0.379 e. The van der Waals surface area contributed by atoms with Crippen molar-refractivity contribution >= 4 is 0 Å². The number of ether oxygens (including phenoxy) is 1. The lowest BCUT2D eigenvalue weighted by Gasteiger charge is -2.26. The van der Waals surface area contributed by atoms with Crippen LogP contribution in [0.5, 0.6) is 0 Å². The molecule has 1 aromatic carbocycles. The van der Waals surface area contributed by atoms with Gasteiger partial charge in [0.25, 0.3) is 0 Å². The van der Waals surface area contributed by atoms with Crippen LogP contribution in [-0.4, -0.2) is 47.3 Å². The van der Waals surface area contributed by atoms with Crippen LogP contribution in [0.4, 0.5) is 0 Å². The maximum absolute atomic E-state index is 5.36. The SMILES string of the molecule is c1ccc(-c2cn(CCCN3CCOCC3)cn2)cc1. The first-order valence-electron chi connectivity index (χ1n) is 7.29. The summed E-state index contributed by atoms with van der Waals surface area (Å²) in [6.07, 6.45) is 5.22. The summed E-state index contributed by atoms with van der Waals surface area (Å²) in [4.78, 5) is 6.95. The Morgan fingerprint density at radius 2 is 1.85 bits per heavy atom. The number of morpholine rings is 1. The van der Waals surface area contributed by atoms with Gasteiger partial charge in [0.2, 0.25) is 0 Å². The van der Waals surface area contributed by atoms with Crippen LogP contribution in [0, 0.1) is 0 Å². The van der Waals surface area contributed by atoms with Gasteiger partial charge < -0.3 is 9.30 Å². The molecule has 0 atom stereocenters. The van der Waals surface area contributed by atoms with Crippen molar-refractivity contribution in [3.05, 3.63) is 42.9 Å². The minimum absolute atomic E-state index is 0.878. The van der Waals surface area contributed by atoms with Gasteiger partial charge in [0.05, 0.1) is 25.2 Å². The molecule has 2 aromatic rings. The van der Waals surface area contributed by atoms with Gasteiger partial charge in [-0.15, -0.1) is 0 Å². The second-order valence-electron chi connectivity index (χ2n) is 5.17. The van der Waals surface area contributed by atoms with Crippen molar-refractivity contribution in [1.82, 2.24) is 14.5 Å². The first kappa shape index (κ1) is 13.3. The van der Waals surface area contributed by atoms with E-state index < -0.39 is 0 Å². The molecule has 0 radical (unpaired) electrons. The lowest BCUT2D eigenvalue weighted by atomic mass is 10.2. The Hall–Kier alpha value is -1.65. The summed E-state index contributed by atoms with van der Waals surface area (Å²) in [6.45, 7) is 6.06. The van der Waals surface area contributed by atoms with Crippen LogP contribution < -0.4 is 0 Å². The Morgan fingerprint density at radius 1 is 1.05 bits per heavy atom. The zero-order chi connectivity index (χ0) is 13.6. The van der Waals surface area contributed by atoms with Crippen molar-refractivity contribution in [2.45, 2.75) is 13.0 Å². The van der Waals surface area contributed by atoms with Gasteiger partial charge in [-0.1, -0.05) is 30.3 Å². The average Bonchev–Trinajstić information content (AvgIpc) is 2.98. The Morgan fingerprint density at radius 3 is 2.65 bits per heavy atom. The van der Waals surface area contributed by atoms with Crippen molar-refractivity contribution in [2.24, 2.45) is 0 Å². The molecule has 1 aliphatic rings. The predicted octanol–water partition coefficient (Wildman–Crippen LogP) is 2.27. The molecular weight excluding hydrogens is 250 g/mol. The molecule has 1 aliphatic heterocycles. The summed E-state index contributed by atoms with van der Waals surface area (Å²) >= 11 is 0. The molecule has 20 heavy (non-hydrogen) atoms. The van der Waals surface area contributed by atoms with Crippen molar-refractivity contribution in [3.63, 3.8) is 0 Å². The highest BCUT2D eigenvalue weighted by molar-refractivity contribution is 5.57. The number of hydrogen-bond acceptors (Lipinski definition) is 3. The molecule has 3 rings (SSSR count). The van der Waals surface area contributed by atoms with Gasteiger partial charge in [0.1, 0.15) is 0 Å². The lowest BCUT2D eigenvalue weighted by Crippen LogP contribution is -2.37. The van der Waals surface area contributed by atoms with Gasteiger partial charge in [0.15, 0.2) is 0 Å². The first-order valence-corrected chi connectivity index (χ1v) is 7.29. The fraction of sp³-hybridized carbons (Fsp3) is 0.438. The lowest BCUT2D eigenvalue weighted by molar-refractivity contribution is 0.0369. The summed E-state index contributed by atoms with van der Waals surface area (Å²) in [5, 5.41) is 0. The Balaban J connectivity index is 1.50. The summed E-state index contributed by atoms with van der Waals surface area (Å²) < 4.78 is 7.54. The number of nitrogens with zero attached hydrogens (tertiary/aromatic N) is 3. The van der Waals surface area contributed by atoms with Crippen molar-refractivity contribution in [1.29, 1.82) is 0 Å². The maximum Gasteiger partial charge on any atom is 0.0953 e. The standard InChI is InChI=1S/C16H21N3O/c1-2-5-15(6-3-1)16-13-19(14-17-16)8-4-7-18-9-11-20-12-10-18/h1-3,5-6,13-14H,4,7-12H2. The third-order valence-corrected chi connectivity index (χ3v) is 3.70. The topological polar surface area (TPSA) is 30.3 Å². The first-order chi connectivity index (χ1) is 9.92. The molecule has 0 saturated carbocycles. The monoisotopic (exact) mass is 271 g/mol. The van der Waals surface area contributed by atoms with E-state index in [1.54, 1.807) is 0 Å². The van der Waals surface area contributed by atoms with Gasteiger partial charge in [0, 0.05) is 37.9 Å². The van der Waals surface area contributed by atoms with Crippen LogP contribution in [0.3, 0.4) is 0 Å². The van der Waals surface area contributed by atoms with E-state index in [4.69, 9.17) is 4.74 Å². The average molecular weight is 271 g/mol. The third-order valence-electron chi connectivity index (χ3n) is 3.70. The molecule has 106 valence electrons. The summed E-state index contributed by atoms with van der Waals surface area (Å²) in [6, 6.07) is 10.3. The van der Waals surface area contributed by atoms with Gasteiger partial charge in [-0.05, 0) is 6.42 Å². The number of benzene rings is 1. The van der Waals surface area contributed by atoms with Crippen molar-refractivity contribution in [3.8, 4) is 11.3 Å². The van der Waals surface area contributed by atoms with Crippen molar-refractivity contribution in [2.75, 3.05) is 32.8 Å². The van der Waals surface area contributed by atoms with E-state index in [0.717, 1.165) is 51.5 Å². The molecule has 0 amide bonds. The molecule has 0 N–H and O–H groups in total. The molecule has 4 nitrogen and oxygen atoms in total. The molecule has 1 fully saturated rings. The Labute approximate surface area is 120 Å². The van der Waals surface area contributed by atoms with Gasteiger partial charge in [-0.2, -0.15) is 0 Å². The summed E-state index contributed by atoms with van der Waals surface area (Å²) in [7, 11) is 0. The highest BCUT2D eigenvalue weighted by Crippen LogP contribution is 2.16. The van der Waals surface area contributed by atoms with E-state index in [1.165, 1.54) is 5.56 Å². The van der Waals surface area contributed by atoms with Gasteiger partial charge >= 0.3 is 0 Å². The molecule has 0 aliphatic carbocycles.